The highest BCUT2D eigenvalue weighted by molar-refractivity contribution is 5.60. The Morgan fingerprint density at radius 2 is 0.971 bits per heavy atom. The molecule has 0 aromatic heterocycles. The standard InChI is InChI=1S/C34H50O/c1-31(2,3)27-13-26(33-14-20-7-21(15-33)9-22(8-20)16-33)28(29(30(27)35)32(4,5)6)34-17-23-10-24(18-34)12-25(11-23)19-34/h13,20-25,35H,7-12,14-19H2,1-6H3. The van der Waals surface area contributed by atoms with Crippen molar-refractivity contribution in [1.82, 2.24) is 0 Å². The minimum atomic E-state index is -0.0406. The van der Waals surface area contributed by atoms with Crippen LogP contribution in [0.3, 0.4) is 0 Å². The lowest BCUT2D eigenvalue weighted by molar-refractivity contribution is -0.0182. The van der Waals surface area contributed by atoms with Gasteiger partial charge in [0.05, 0.1) is 0 Å². The number of aromatic hydroxyl groups is 1. The van der Waals surface area contributed by atoms with Crippen molar-refractivity contribution >= 4 is 0 Å². The third kappa shape index (κ3) is 3.38. The Balaban J connectivity index is 1.52. The first kappa shape index (κ1) is 23.2. The number of phenols is 1. The molecule has 8 bridgehead atoms. The summed E-state index contributed by atoms with van der Waals surface area (Å²) in [4.78, 5) is 0. The molecule has 8 saturated carbocycles. The minimum Gasteiger partial charge on any atom is -0.507 e. The van der Waals surface area contributed by atoms with Gasteiger partial charge in [-0.15, -0.1) is 0 Å². The monoisotopic (exact) mass is 474 g/mol. The molecule has 0 unspecified atom stereocenters. The molecule has 192 valence electrons. The molecule has 0 radical (unpaired) electrons. The molecule has 8 fully saturated rings. The van der Waals surface area contributed by atoms with E-state index in [1.807, 2.05) is 0 Å². The molecule has 1 nitrogen and oxygen atoms in total. The largest absolute Gasteiger partial charge is 0.507 e. The maximum absolute atomic E-state index is 12.1. The zero-order valence-electron chi connectivity index (χ0n) is 23.5. The van der Waals surface area contributed by atoms with Gasteiger partial charge >= 0.3 is 0 Å². The summed E-state index contributed by atoms with van der Waals surface area (Å²) in [6.45, 7) is 14.1. The van der Waals surface area contributed by atoms with Gasteiger partial charge in [0.15, 0.2) is 0 Å². The Bertz CT molecular complexity index is 973. The third-order valence-electron chi connectivity index (χ3n) is 12.0. The number of benzene rings is 1. The van der Waals surface area contributed by atoms with Gasteiger partial charge in [-0.2, -0.15) is 0 Å². The minimum absolute atomic E-state index is 0.0405. The van der Waals surface area contributed by atoms with Crippen LogP contribution in [0.1, 0.15) is 141 Å². The van der Waals surface area contributed by atoms with Crippen LogP contribution in [-0.4, -0.2) is 5.11 Å². The molecule has 1 aromatic carbocycles. The first-order valence-electron chi connectivity index (χ1n) is 15.3. The van der Waals surface area contributed by atoms with Crippen molar-refractivity contribution in [2.75, 3.05) is 0 Å². The van der Waals surface area contributed by atoms with Crippen molar-refractivity contribution in [2.24, 2.45) is 35.5 Å². The molecular formula is C34H50O. The van der Waals surface area contributed by atoms with Gasteiger partial charge in [0.2, 0.25) is 0 Å². The second-order valence-electron chi connectivity index (χ2n) is 17.0. The van der Waals surface area contributed by atoms with Gasteiger partial charge in [-0.3, -0.25) is 0 Å². The summed E-state index contributed by atoms with van der Waals surface area (Å²) in [5.41, 5.74) is 6.66. The normalized spacial score (nSPS) is 43.8. The molecule has 0 atom stereocenters. The fourth-order valence-corrected chi connectivity index (χ4v) is 11.8. The second kappa shape index (κ2) is 7.11. The first-order chi connectivity index (χ1) is 16.4. The van der Waals surface area contributed by atoms with E-state index in [9.17, 15) is 5.11 Å². The van der Waals surface area contributed by atoms with Crippen LogP contribution >= 0.6 is 0 Å². The van der Waals surface area contributed by atoms with Crippen LogP contribution in [0.2, 0.25) is 0 Å². The average molecular weight is 475 g/mol. The van der Waals surface area contributed by atoms with Crippen molar-refractivity contribution < 1.29 is 5.11 Å². The smallest absolute Gasteiger partial charge is 0.123 e. The summed E-state index contributed by atoms with van der Waals surface area (Å²) in [5.74, 6) is 6.32. The van der Waals surface area contributed by atoms with Gasteiger partial charge in [0.25, 0.3) is 0 Å². The number of hydrogen-bond donors (Lipinski definition) is 1. The maximum atomic E-state index is 12.1. The van der Waals surface area contributed by atoms with Crippen LogP contribution in [0, 0.1) is 35.5 Å². The van der Waals surface area contributed by atoms with Crippen LogP contribution in [0.4, 0.5) is 0 Å². The van der Waals surface area contributed by atoms with Gasteiger partial charge in [-0.25, -0.2) is 0 Å². The van der Waals surface area contributed by atoms with Crippen molar-refractivity contribution in [2.45, 2.75) is 140 Å². The number of hydrogen-bond acceptors (Lipinski definition) is 1. The van der Waals surface area contributed by atoms with Gasteiger partial charge < -0.3 is 5.11 Å². The summed E-state index contributed by atoms with van der Waals surface area (Å²) < 4.78 is 0. The van der Waals surface area contributed by atoms with Crippen molar-refractivity contribution in [1.29, 1.82) is 0 Å². The van der Waals surface area contributed by atoms with E-state index in [1.54, 1.807) is 11.1 Å². The fourth-order valence-electron chi connectivity index (χ4n) is 11.8. The molecule has 1 aromatic rings. The van der Waals surface area contributed by atoms with Gasteiger partial charge in [0, 0.05) is 5.56 Å². The zero-order valence-corrected chi connectivity index (χ0v) is 23.5. The molecular weight excluding hydrogens is 424 g/mol. The quantitative estimate of drug-likeness (QED) is 0.453. The Labute approximate surface area is 214 Å². The Morgan fingerprint density at radius 1 is 0.600 bits per heavy atom. The highest BCUT2D eigenvalue weighted by Crippen LogP contribution is 2.67. The van der Waals surface area contributed by atoms with Crippen molar-refractivity contribution in [3.05, 3.63) is 28.3 Å². The third-order valence-corrected chi connectivity index (χ3v) is 12.0. The highest BCUT2D eigenvalue weighted by Gasteiger charge is 2.58. The summed E-state index contributed by atoms with van der Waals surface area (Å²) in [7, 11) is 0. The summed E-state index contributed by atoms with van der Waals surface area (Å²) in [6.07, 6.45) is 17.5. The van der Waals surface area contributed by atoms with E-state index < -0.39 is 0 Å². The fraction of sp³-hybridized carbons (Fsp3) is 0.824. The molecule has 35 heavy (non-hydrogen) atoms. The first-order valence-corrected chi connectivity index (χ1v) is 15.3. The Morgan fingerprint density at radius 3 is 1.31 bits per heavy atom. The Hall–Kier alpha value is -0.980. The van der Waals surface area contributed by atoms with E-state index in [-0.39, 0.29) is 10.8 Å². The van der Waals surface area contributed by atoms with E-state index in [0.717, 1.165) is 35.5 Å². The molecule has 1 N–H and O–H groups in total. The average Bonchev–Trinajstić information content (AvgIpc) is 2.69. The topological polar surface area (TPSA) is 20.2 Å². The number of rotatable bonds is 2. The van der Waals surface area contributed by atoms with E-state index in [0.29, 0.717) is 16.6 Å². The summed E-state index contributed by atoms with van der Waals surface area (Å²) >= 11 is 0. The van der Waals surface area contributed by atoms with Gasteiger partial charge in [-0.1, -0.05) is 47.6 Å². The second-order valence-corrected chi connectivity index (χ2v) is 17.0. The maximum Gasteiger partial charge on any atom is 0.123 e. The molecule has 0 amide bonds. The summed E-state index contributed by atoms with van der Waals surface area (Å²) in [5, 5.41) is 12.1. The number of phenolic OH excluding ortho intramolecular Hbond substituents is 1. The lowest BCUT2D eigenvalue weighted by Crippen LogP contribution is -2.53. The van der Waals surface area contributed by atoms with Crippen LogP contribution in [0.5, 0.6) is 5.75 Å². The summed E-state index contributed by atoms with van der Waals surface area (Å²) in [6, 6.07) is 2.62. The molecule has 0 heterocycles. The predicted molar refractivity (Wildman–Crippen MR) is 145 cm³/mol. The van der Waals surface area contributed by atoms with E-state index in [1.165, 1.54) is 88.2 Å². The molecule has 1 heteroatoms. The highest BCUT2D eigenvalue weighted by atomic mass is 16.3. The van der Waals surface area contributed by atoms with E-state index >= 15 is 0 Å². The lowest BCUT2D eigenvalue weighted by Gasteiger charge is -2.61. The van der Waals surface area contributed by atoms with Crippen LogP contribution in [-0.2, 0) is 21.7 Å². The van der Waals surface area contributed by atoms with Crippen molar-refractivity contribution in [3.8, 4) is 5.75 Å². The Kier molecular flexibility index (Phi) is 4.70. The lowest BCUT2D eigenvalue weighted by atomic mass is 9.43. The van der Waals surface area contributed by atoms with Crippen LogP contribution < -0.4 is 0 Å². The SMILES string of the molecule is CC(C)(C)c1cc(C23CC4CC(CC(C4)C2)C3)c(C23CC4CC(CC(C4)C2)C3)c(C(C)(C)C)c1O. The van der Waals surface area contributed by atoms with Gasteiger partial charge in [-0.05, 0) is 151 Å². The molecule has 8 aliphatic carbocycles. The molecule has 9 rings (SSSR count). The van der Waals surface area contributed by atoms with Crippen LogP contribution in [0.15, 0.2) is 6.07 Å². The molecule has 8 aliphatic rings. The molecule has 0 spiro atoms. The van der Waals surface area contributed by atoms with Gasteiger partial charge in [0.1, 0.15) is 5.75 Å². The zero-order chi connectivity index (χ0) is 24.5. The predicted octanol–water partition coefficient (Wildman–Crippen LogP) is 8.92. The van der Waals surface area contributed by atoms with Crippen molar-refractivity contribution in [3.63, 3.8) is 0 Å². The molecule has 0 saturated heterocycles. The molecule has 0 aliphatic heterocycles. The van der Waals surface area contributed by atoms with E-state index in [4.69, 9.17) is 0 Å². The van der Waals surface area contributed by atoms with E-state index in [2.05, 4.69) is 47.6 Å². The van der Waals surface area contributed by atoms with Crippen LogP contribution in [0.25, 0.3) is 0 Å².